The highest BCUT2D eigenvalue weighted by atomic mass is 16.3. The lowest BCUT2D eigenvalue weighted by Gasteiger charge is -2.21. The molecule has 0 saturated carbocycles. The van der Waals surface area contributed by atoms with E-state index in [-0.39, 0.29) is 6.04 Å². The fraction of sp³-hybridized carbons (Fsp3) is 0.316. The second-order valence-electron chi connectivity index (χ2n) is 6.10. The monoisotopic (exact) mass is 310 g/mol. The van der Waals surface area contributed by atoms with Gasteiger partial charge in [-0.25, -0.2) is 0 Å². The summed E-state index contributed by atoms with van der Waals surface area (Å²) >= 11 is 0. The van der Waals surface area contributed by atoms with Gasteiger partial charge in [-0.1, -0.05) is 54.6 Å². The van der Waals surface area contributed by atoms with Crippen molar-refractivity contribution >= 4 is 5.91 Å². The molecule has 2 aromatic carbocycles. The van der Waals surface area contributed by atoms with Crippen LogP contribution < -0.4 is 11.1 Å². The normalized spacial score (nSPS) is 19.0. The number of nitrogens with one attached hydrogen (secondary N) is 1. The Hall–Kier alpha value is -2.17. The van der Waals surface area contributed by atoms with Gasteiger partial charge in [0, 0.05) is 6.04 Å². The molecule has 4 N–H and O–H groups in total. The summed E-state index contributed by atoms with van der Waals surface area (Å²) in [7, 11) is 0. The maximum Gasteiger partial charge on any atom is 0.250 e. The second-order valence-corrected chi connectivity index (χ2v) is 6.10. The number of rotatable bonds is 5. The number of benzene rings is 2. The summed E-state index contributed by atoms with van der Waals surface area (Å²) in [5, 5.41) is 13.2. The molecule has 23 heavy (non-hydrogen) atoms. The number of carbonyl (C=O) groups is 1. The first-order valence-corrected chi connectivity index (χ1v) is 8.01. The molecule has 120 valence electrons. The molecule has 1 aliphatic carbocycles. The summed E-state index contributed by atoms with van der Waals surface area (Å²) in [4.78, 5) is 12.3. The molecular weight excluding hydrogens is 288 g/mol. The number of hydrogen-bond donors (Lipinski definition) is 3. The first kappa shape index (κ1) is 15.7. The molecule has 0 radical (unpaired) electrons. The molecule has 3 atom stereocenters. The van der Waals surface area contributed by atoms with Crippen LogP contribution in [0.25, 0.3) is 0 Å². The minimum Gasteiger partial charge on any atom is -0.382 e. The van der Waals surface area contributed by atoms with Crippen LogP contribution in [0.5, 0.6) is 0 Å². The minimum absolute atomic E-state index is 0.0303. The van der Waals surface area contributed by atoms with Gasteiger partial charge >= 0.3 is 0 Å². The van der Waals surface area contributed by atoms with Gasteiger partial charge in [0.25, 0.3) is 5.91 Å². The van der Waals surface area contributed by atoms with Crippen LogP contribution >= 0.6 is 0 Å². The Morgan fingerprint density at radius 1 is 1.17 bits per heavy atom. The molecule has 2 unspecified atom stereocenters. The van der Waals surface area contributed by atoms with Gasteiger partial charge in [0.15, 0.2) is 0 Å². The van der Waals surface area contributed by atoms with Crippen LogP contribution in [0, 0.1) is 0 Å². The lowest BCUT2D eigenvalue weighted by atomic mass is 10.0. The van der Waals surface area contributed by atoms with Crippen molar-refractivity contribution < 1.29 is 9.90 Å². The van der Waals surface area contributed by atoms with E-state index in [0.717, 1.165) is 24.0 Å². The van der Waals surface area contributed by atoms with Crippen molar-refractivity contribution in [2.24, 2.45) is 5.73 Å². The molecule has 1 amide bonds. The van der Waals surface area contributed by atoms with Gasteiger partial charge in [-0.15, -0.1) is 0 Å². The molecule has 2 aromatic rings. The van der Waals surface area contributed by atoms with Crippen LogP contribution in [-0.2, 0) is 17.6 Å². The molecule has 0 saturated heterocycles. The molecule has 0 spiro atoms. The number of carbonyl (C=O) groups excluding carboxylic acids is 1. The maximum absolute atomic E-state index is 12.3. The Morgan fingerprint density at radius 3 is 2.65 bits per heavy atom. The molecular formula is C19H22N2O2. The van der Waals surface area contributed by atoms with Gasteiger partial charge in [-0.3, -0.25) is 4.79 Å². The molecule has 3 rings (SSSR count). The van der Waals surface area contributed by atoms with Gasteiger partial charge in [0.05, 0.1) is 6.04 Å². The SMILES string of the molecule is N[C@@H](Cc1ccccc1)C(O)C(=O)NC1CCc2ccccc21. The number of amides is 1. The van der Waals surface area contributed by atoms with E-state index >= 15 is 0 Å². The first-order valence-electron chi connectivity index (χ1n) is 8.01. The summed E-state index contributed by atoms with van der Waals surface area (Å²) in [6.45, 7) is 0. The summed E-state index contributed by atoms with van der Waals surface area (Å²) in [5.74, 6) is -0.393. The summed E-state index contributed by atoms with van der Waals surface area (Å²) in [6, 6.07) is 17.1. The number of aliphatic hydroxyl groups excluding tert-OH is 1. The number of aryl methyl sites for hydroxylation is 1. The van der Waals surface area contributed by atoms with Gasteiger partial charge in [-0.2, -0.15) is 0 Å². The number of fused-ring (bicyclic) bond motifs is 1. The van der Waals surface area contributed by atoms with E-state index in [1.807, 2.05) is 48.5 Å². The zero-order chi connectivity index (χ0) is 16.2. The van der Waals surface area contributed by atoms with E-state index in [2.05, 4.69) is 11.4 Å². The van der Waals surface area contributed by atoms with Gasteiger partial charge in [-0.05, 0) is 36.0 Å². The molecule has 0 fully saturated rings. The maximum atomic E-state index is 12.3. The second kappa shape index (κ2) is 6.94. The topological polar surface area (TPSA) is 75.3 Å². The van der Waals surface area contributed by atoms with E-state index in [1.54, 1.807) is 0 Å². The van der Waals surface area contributed by atoms with Crippen molar-refractivity contribution in [3.63, 3.8) is 0 Å². The predicted octanol–water partition coefficient (Wildman–Crippen LogP) is 1.72. The van der Waals surface area contributed by atoms with Crippen molar-refractivity contribution in [3.8, 4) is 0 Å². The zero-order valence-electron chi connectivity index (χ0n) is 13.0. The number of aliphatic hydroxyl groups is 1. The fourth-order valence-corrected chi connectivity index (χ4v) is 3.16. The van der Waals surface area contributed by atoms with Gasteiger partial charge in [0.1, 0.15) is 6.10 Å². The van der Waals surface area contributed by atoms with E-state index in [9.17, 15) is 9.90 Å². The Kier molecular flexibility index (Phi) is 4.74. The molecule has 4 nitrogen and oxygen atoms in total. The lowest BCUT2D eigenvalue weighted by molar-refractivity contribution is -0.131. The third-order valence-electron chi connectivity index (χ3n) is 4.44. The Labute approximate surface area is 136 Å². The average molecular weight is 310 g/mol. The van der Waals surface area contributed by atoms with Crippen LogP contribution in [0.15, 0.2) is 54.6 Å². The number of hydrogen-bond acceptors (Lipinski definition) is 3. The zero-order valence-corrected chi connectivity index (χ0v) is 13.0. The minimum atomic E-state index is -1.21. The summed E-state index contributed by atoms with van der Waals surface area (Å²) < 4.78 is 0. The Bertz CT molecular complexity index is 672. The van der Waals surface area contributed by atoms with Crippen molar-refractivity contribution in [2.75, 3.05) is 0 Å². The molecule has 0 bridgehead atoms. The highest BCUT2D eigenvalue weighted by Gasteiger charge is 2.28. The Balaban J connectivity index is 1.60. The molecule has 1 aliphatic rings. The standard InChI is InChI=1S/C19H22N2O2/c20-16(12-13-6-2-1-3-7-13)18(22)19(23)21-17-11-10-14-8-4-5-9-15(14)17/h1-9,16-18,22H,10-12,20H2,(H,21,23)/t16-,17?,18?/m0/s1. The molecule has 0 aliphatic heterocycles. The highest BCUT2D eigenvalue weighted by Crippen LogP contribution is 2.30. The smallest absolute Gasteiger partial charge is 0.250 e. The van der Waals surface area contributed by atoms with Crippen LogP contribution in [0.1, 0.15) is 29.2 Å². The van der Waals surface area contributed by atoms with Crippen LogP contribution in [0.3, 0.4) is 0 Å². The largest absolute Gasteiger partial charge is 0.382 e. The molecule has 0 heterocycles. The van der Waals surface area contributed by atoms with E-state index in [1.165, 1.54) is 5.56 Å². The van der Waals surface area contributed by atoms with Crippen LogP contribution in [0.4, 0.5) is 0 Å². The van der Waals surface area contributed by atoms with E-state index in [0.29, 0.717) is 6.42 Å². The summed E-state index contributed by atoms with van der Waals surface area (Å²) in [5.41, 5.74) is 9.43. The molecule has 0 aromatic heterocycles. The average Bonchev–Trinajstić information content (AvgIpc) is 2.98. The van der Waals surface area contributed by atoms with Crippen LogP contribution in [0.2, 0.25) is 0 Å². The first-order chi connectivity index (χ1) is 11.1. The summed E-state index contributed by atoms with van der Waals surface area (Å²) in [6.07, 6.45) is 1.08. The molecule has 4 heteroatoms. The number of nitrogens with two attached hydrogens (primary N) is 1. The van der Waals surface area contributed by atoms with Gasteiger partial charge < -0.3 is 16.2 Å². The van der Waals surface area contributed by atoms with Crippen molar-refractivity contribution in [1.82, 2.24) is 5.32 Å². The van der Waals surface area contributed by atoms with Crippen LogP contribution in [-0.4, -0.2) is 23.2 Å². The van der Waals surface area contributed by atoms with Crippen molar-refractivity contribution in [2.45, 2.75) is 37.5 Å². The van der Waals surface area contributed by atoms with Crippen molar-refractivity contribution in [3.05, 3.63) is 71.3 Å². The van der Waals surface area contributed by atoms with Crippen molar-refractivity contribution in [1.29, 1.82) is 0 Å². The third-order valence-corrected chi connectivity index (χ3v) is 4.44. The lowest BCUT2D eigenvalue weighted by Crippen LogP contribution is -2.48. The fourth-order valence-electron chi connectivity index (χ4n) is 3.16. The van der Waals surface area contributed by atoms with E-state index in [4.69, 9.17) is 5.73 Å². The quantitative estimate of drug-likeness (QED) is 0.787. The highest BCUT2D eigenvalue weighted by molar-refractivity contribution is 5.82. The Morgan fingerprint density at radius 2 is 1.87 bits per heavy atom. The third kappa shape index (κ3) is 3.60. The predicted molar refractivity (Wildman–Crippen MR) is 89.8 cm³/mol. The van der Waals surface area contributed by atoms with E-state index < -0.39 is 18.1 Å². The van der Waals surface area contributed by atoms with Gasteiger partial charge in [0.2, 0.25) is 0 Å².